The van der Waals surface area contributed by atoms with Crippen LogP contribution in [0.3, 0.4) is 0 Å². The minimum atomic E-state index is 0.366. The van der Waals surface area contributed by atoms with Gasteiger partial charge in [-0.3, -0.25) is 0 Å². The maximum atomic E-state index is 4.53. The molecule has 0 saturated heterocycles. The maximum Gasteiger partial charge on any atom is 0.125 e. The zero-order chi connectivity index (χ0) is 12.8. The van der Waals surface area contributed by atoms with Crippen LogP contribution >= 0.6 is 0 Å². The topological polar surface area (TPSA) is 29.9 Å². The summed E-state index contributed by atoms with van der Waals surface area (Å²) in [5.41, 5.74) is 0.761. The zero-order valence-electron chi connectivity index (χ0n) is 11.9. The molecule has 1 aromatic heterocycles. The van der Waals surface area contributed by atoms with E-state index in [0.717, 1.165) is 12.4 Å². The van der Waals surface area contributed by atoms with Gasteiger partial charge in [0.05, 0.1) is 6.04 Å². The van der Waals surface area contributed by atoms with E-state index in [1.54, 1.807) is 0 Å². The van der Waals surface area contributed by atoms with Gasteiger partial charge < -0.3 is 9.88 Å². The highest BCUT2D eigenvalue weighted by atomic mass is 15.1. The molecule has 1 atom stereocenters. The van der Waals surface area contributed by atoms with Crippen molar-refractivity contribution in [3.8, 4) is 0 Å². The van der Waals surface area contributed by atoms with E-state index in [1.807, 2.05) is 12.4 Å². The van der Waals surface area contributed by atoms with Crippen LogP contribution < -0.4 is 5.32 Å². The lowest BCUT2D eigenvalue weighted by atomic mass is 10.0. The quantitative estimate of drug-likeness (QED) is 0.869. The normalized spacial score (nSPS) is 23.6. The van der Waals surface area contributed by atoms with Crippen LogP contribution in [0.4, 0.5) is 0 Å². The molecular weight excluding hydrogens is 210 g/mol. The lowest BCUT2D eigenvalue weighted by Gasteiger charge is -2.20. The Morgan fingerprint density at radius 3 is 2.29 bits per heavy atom. The van der Waals surface area contributed by atoms with Crippen molar-refractivity contribution in [2.24, 2.45) is 23.8 Å². The Balaban J connectivity index is 2.30. The number of hydrogen-bond acceptors (Lipinski definition) is 2. The standard InChI is InChI=1S/C14H25N3/c1-7-15-10(12-16-8-9-17(12)6)11-13(2,3)14(11,4)5/h8-11,15H,7H2,1-6H3. The van der Waals surface area contributed by atoms with Crippen molar-refractivity contribution in [1.82, 2.24) is 14.9 Å². The number of nitrogens with zero attached hydrogens (tertiary/aromatic N) is 2. The highest BCUT2D eigenvalue weighted by molar-refractivity contribution is 5.20. The predicted octanol–water partition coefficient (Wildman–Crippen LogP) is 2.75. The number of rotatable bonds is 4. The predicted molar refractivity (Wildman–Crippen MR) is 70.7 cm³/mol. The molecule has 0 amide bonds. The summed E-state index contributed by atoms with van der Waals surface area (Å²) in [4.78, 5) is 4.53. The Bertz CT molecular complexity index is 389. The summed E-state index contributed by atoms with van der Waals surface area (Å²) in [5, 5.41) is 3.62. The van der Waals surface area contributed by atoms with Gasteiger partial charge in [-0.1, -0.05) is 34.6 Å². The number of aryl methyl sites for hydroxylation is 1. The molecule has 1 saturated carbocycles. The van der Waals surface area contributed by atoms with E-state index >= 15 is 0 Å². The molecular formula is C14H25N3. The smallest absolute Gasteiger partial charge is 0.125 e. The molecule has 0 aliphatic heterocycles. The SMILES string of the molecule is CCNC(c1nccn1C)C1C(C)(C)C1(C)C. The van der Waals surface area contributed by atoms with Crippen LogP contribution in [0, 0.1) is 16.7 Å². The van der Waals surface area contributed by atoms with Gasteiger partial charge in [-0.2, -0.15) is 0 Å². The Kier molecular flexibility index (Phi) is 2.85. The van der Waals surface area contributed by atoms with Crippen LogP contribution in [0.15, 0.2) is 12.4 Å². The Hall–Kier alpha value is -0.830. The molecule has 1 aliphatic rings. The van der Waals surface area contributed by atoms with E-state index in [-0.39, 0.29) is 0 Å². The molecule has 3 nitrogen and oxygen atoms in total. The average molecular weight is 235 g/mol. The molecule has 2 rings (SSSR count). The Morgan fingerprint density at radius 1 is 1.35 bits per heavy atom. The maximum absolute atomic E-state index is 4.53. The number of hydrogen-bond donors (Lipinski definition) is 1. The van der Waals surface area contributed by atoms with E-state index < -0.39 is 0 Å². The van der Waals surface area contributed by atoms with Gasteiger partial charge in [-0.15, -0.1) is 0 Å². The number of nitrogens with one attached hydrogen (secondary N) is 1. The monoisotopic (exact) mass is 235 g/mol. The van der Waals surface area contributed by atoms with Crippen LogP contribution in [-0.2, 0) is 7.05 Å². The average Bonchev–Trinajstić information content (AvgIpc) is 2.56. The van der Waals surface area contributed by atoms with E-state index in [2.05, 4.69) is 56.5 Å². The van der Waals surface area contributed by atoms with Crippen LogP contribution in [-0.4, -0.2) is 16.1 Å². The summed E-state index contributed by atoms with van der Waals surface area (Å²) in [6, 6.07) is 0.366. The van der Waals surface area contributed by atoms with Crippen LogP contribution in [0.25, 0.3) is 0 Å². The third-order valence-electron chi connectivity index (χ3n) is 5.03. The molecule has 1 aromatic rings. The van der Waals surface area contributed by atoms with E-state index in [1.165, 1.54) is 0 Å². The molecule has 0 bridgehead atoms. The largest absolute Gasteiger partial charge is 0.337 e. The van der Waals surface area contributed by atoms with Crippen molar-refractivity contribution in [2.45, 2.75) is 40.7 Å². The van der Waals surface area contributed by atoms with E-state index in [0.29, 0.717) is 22.8 Å². The fraction of sp³-hybridized carbons (Fsp3) is 0.786. The second-order valence-electron chi connectivity index (χ2n) is 6.35. The minimum Gasteiger partial charge on any atom is -0.337 e. The van der Waals surface area contributed by atoms with Crippen molar-refractivity contribution in [3.63, 3.8) is 0 Å². The molecule has 1 N–H and O–H groups in total. The summed E-state index contributed by atoms with van der Waals surface area (Å²) in [6.45, 7) is 12.6. The first-order valence-electron chi connectivity index (χ1n) is 6.54. The molecule has 0 aromatic carbocycles. The van der Waals surface area contributed by atoms with Gasteiger partial charge in [-0.25, -0.2) is 4.98 Å². The van der Waals surface area contributed by atoms with Crippen molar-refractivity contribution >= 4 is 0 Å². The second kappa shape index (κ2) is 3.84. The Morgan fingerprint density at radius 2 is 1.94 bits per heavy atom. The van der Waals surface area contributed by atoms with Crippen LogP contribution in [0.2, 0.25) is 0 Å². The number of imidazole rings is 1. The highest BCUT2D eigenvalue weighted by Gasteiger charge is 2.67. The molecule has 0 spiro atoms. The molecule has 1 heterocycles. The highest BCUT2D eigenvalue weighted by Crippen LogP contribution is 2.72. The van der Waals surface area contributed by atoms with E-state index in [9.17, 15) is 0 Å². The first-order chi connectivity index (χ1) is 7.84. The lowest BCUT2D eigenvalue weighted by Crippen LogP contribution is -2.27. The van der Waals surface area contributed by atoms with Gasteiger partial charge in [0.15, 0.2) is 0 Å². The molecule has 0 radical (unpaired) electrons. The minimum absolute atomic E-state index is 0.366. The van der Waals surface area contributed by atoms with Gasteiger partial charge in [0.25, 0.3) is 0 Å². The lowest BCUT2D eigenvalue weighted by molar-refractivity contribution is 0.393. The fourth-order valence-corrected chi connectivity index (χ4v) is 3.34. The third kappa shape index (κ3) is 1.71. The molecule has 1 fully saturated rings. The van der Waals surface area contributed by atoms with E-state index in [4.69, 9.17) is 0 Å². The van der Waals surface area contributed by atoms with Crippen molar-refractivity contribution < 1.29 is 0 Å². The molecule has 1 unspecified atom stereocenters. The van der Waals surface area contributed by atoms with Gasteiger partial charge in [0.2, 0.25) is 0 Å². The molecule has 17 heavy (non-hydrogen) atoms. The fourth-order valence-electron chi connectivity index (χ4n) is 3.34. The third-order valence-corrected chi connectivity index (χ3v) is 5.03. The summed E-state index contributed by atoms with van der Waals surface area (Å²) in [6.07, 6.45) is 3.92. The molecule has 1 aliphatic carbocycles. The summed E-state index contributed by atoms with van der Waals surface area (Å²) in [5.74, 6) is 1.81. The van der Waals surface area contributed by atoms with Crippen molar-refractivity contribution in [1.29, 1.82) is 0 Å². The summed E-state index contributed by atoms with van der Waals surface area (Å²) < 4.78 is 2.14. The first kappa shape index (κ1) is 12.6. The summed E-state index contributed by atoms with van der Waals surface area (Å²) in [7, 11) is 2.08. The summed E-state index contributed by atoms with van der Waals surface area (Å²) >= 11 is 0. The van der Waals surface area contributed by atoms with Crippen molar-refractivity contribution in [2.75, 3.05) is 6.54 Å². The molecule has 3 heteroatoms. The van der Waals surface area contributed by atoms with Gasteiger partial charge in [-0.05, 0) is 23.3 Å². The van der Waals surface area contributed by atoms with Gasteiger partial charge >= 0.3 is 0 Å². The van der Waals surface area contributed by atoms with Crippen LogP contribution in [0.5, 0.6) is 0 Å². The van der Waals surface area contributed by atoms with Gasteiger partial charge in [0.1, 0.15) is 5.82 Å². The number of aromatic nitrogens is 2. The van der Waals surface area contributed by atoms with Crippen molar-refractivity contribution in [3.05, 3.63) is 18.2 Å². The first-order valence-corrected chi connectivity index (χ1v) is 6.54. The molecule has 96 valence electrons. The zero-order valence-corrected chi connectivity index (χ0v) is 11.9. The second-order valence-corrected chi connectivity index (χ2v) is 6.35. The Labute approximate surface area is 105 Å². The van der Waals surface area contributed by atoms with Gasteiger partial charge in [0, 0.05) is 19.4 Å². The van der Waals surface area contributed by atoms with Crippen LogP contribution in [0.1, 0.15) is 46.5 Å².